The molecule has 1 aromatic rings. The molecule has 0 saturated carbocycles. The number of benzene rings is 1. The molecule has 1 aromatic carbocycles. The summed E-state index contributed by atoms with van der Waals surface area (Å²) in [5, 5.41) is 0. The first kappa shape index (κ1) is 11.5. The van der Waals surface area contributed by atoms with Crippen molar-refractivity contribution in [2.24, 2.45) is 4.99 Å². The molecule has 0 N–H and O–H groups in total. The molecule has 0 fully saturated rings. The molecule has 0 heterocycles. The van der Waals surface area contributed by atoms with Gasteiger partial charge in [0.05, 0.1) is 4.55 Å². The summed E-state index contributed by atoms with van der Waals surface area (Å²) in [6, 6.07) is 8.50. The molecule has 0 aliphatic heterocycles. The van der Waals surface area contributed by atoms with Gasteiger partial charge in [-0.25, -0.2) is 0 Å². The van der Waals surface area contributed by atoms with E-state index in [-0.39, 0.29) is 20.7 Å². The van der Waals surface area contributed by atoms with Crippen molar-refractivity contribution < 1.29 is 0 Å². The van der Waals surface area contributed by atoms with Crippen LogP contribution in [-0.4, -0.2) is 15.3 Å². The number of halogens is 1. The zero-order valence-corrected chi connectivity index (χ0v) is 11.2. The average Bonchev–Trinajstić information content (AvgIpc) is 2.53. The number of aliphatic imine (C=N–C) groups is 1. The third-order valence-electron chi connectivity index (χ3n) is 2.46. The molecule has 82 valence electrons. The van der Waals surface area contributed by atoms with Crippen molar-refractivity contribution in [1.29, 1.82) is 0 Å². The maximum Gasteiger partial charge on any atom is 0.0851 e. The monoisotopic (exact) mass is 323 g/mol. The highest BCUT2D eigenvalue weighted by Gasteiger charge is 2.01. The summed E-state index contributed by atoms with van der Waals surface area (Å²) in [6.07, 6.45) is 9.49. The minimum absolute atomic E-state index is 0.0251. The van der Waals surface area contributed by atoms with Crippen molar-refractivity contribution in [1.82, 2.24) is 0 Å². The van der Waals surface area contributed by atoms with Crippen LogP contribution in [0.4, 0.5) is 0 Å². The lowest BCUT2D eigenvalue weighted by Crippen LogP contribution is -1.84. The number of fused-ring (bicyclic) bond motifs is 1. The van der Waals surface area contributed by atoms with Crippen LogP contribution in [-0.2, 0) is 6.42 Å². The maximum atomic E-state index is 4.36. The van der Waals surface area contributed by atoms with Gasteiger partial charge in [-0.15, -0.1) is 20.7 Å². The Morgan fingerprint density at radius 3 is 3.06 bits per heavy atom. The van der Waals surface area contributed by atoms with E-state index in [1.807, 2.05) is 6.21 Å². The normalized spacial score (nSPS) is 14.6. The highest BCUT2D eigenvalue weighted by Crippen LogP contribution is 2.17. The van der Waals surface area contributed by atoms with Crippen LogP contribution >= 0.6 is 20.7 Å². The Morgan fingerprint density at radius 1 is 1.31 bits per heavy atom. The SMILES string of the molecule is C=IC/N=C/C1=CCc2ccccc2C=C1. The predicted molar refractivity (Wildman–Crippen MR) is 81.8 cm³/mol. The second-order valence-corrected chi connectivity index (χ2v) is 5.32. The van der Waals surface area contributed by atoms with Crippen molar-refractivity contribution in [3.05, 3.63) is 53.1 Å². The summed E-state index contributed by atoms with van der Waals surface area (Å²) in [4.78, 5) is 4.36. The van der Waals surface area contributed by atoms with Crippen LogP contribution in [0.5, 0.6) is 0 Å². The minimum atomic E-state index is 0.0251. The van der Waals surface area contributed by atoms with E-state index in [0.29, 0.717) is 0 Å². The van der Waals surface area contributed by atoms with E-state index in [1.54, 1.807) is 0 Å². The quantitative estimate of drug-likeness (QED) is 0.349. The van der Waals surface area contributed by atoms with Crippen LogP contribution in [0.15, 0.2) is 47.0 Å². The Bertz CT molecular complexity index is 469. The van der Waals surface area contributed by atoms with Gasteiger partial charge in [0.1, 0.15) is 0 Å². The summed E-state index contributed by atoms with van der Waals surface area (Å²) in [7, 11) is 0. The largest absolute Gasteiger partial charge is 0.282 e. The van der Waals surface area contributed by atoms with Gasteiger partial charge in [-0.05, 0) is 23.1 Å². The summed E-state index contributed by atoms with van der Waals surface area (Å²) < 4.78 is 4.79. The van der Waals surface area contributed by atoms with E-state index in [1.165, 1.54) is 16.7 Å². The molecule has 0 radical (unpaired) electrons. The topological polar surface area (TPSA) is 12.4 Å². The van der Waals surface area contributed by atoms with Gasteiger partial charge in [0, 0.05) is 6.21 Å². The molecule has 2 rings (SSSR count). The first-order chi connectivity index (χ1) is 7.90. The van der Waals surface area contributed by atoms with Gasteiger partial charge < -0.3 is 0 Å². The third kappa shape index (κ3) is 2.98. The lowest BCUT2D eigenvalue weighted by molar-refractivity contribution is 1.26. The van der Waals surface area contributed by atoms with Gasteiger partial charge in [-0.1, -0.05) is 47.0 Å². The number of nitrogens with zero attached hydrogens (tertiary/aromatic N) is 1. The number of hydrogen-bond donors (Lipinski definition) is 0. The summed E-state index contributed by atoms with van der Waals surface area (Å²) >= 11 is 0.0251. The molecule has 0 unspecified atom stereocenters. The maximum absolute atomic E-state index is 4.36. The Morgan fingerprint density at radius 2 is 2.19 bits per heavy atom. The van der Waals surface area contributed by atoms with Crippen molar-refractivity contribution in [3.8, 4) is 0 Å². The number of rotatable bonds is 3. The fraction of sp³-hybridized carbons (Fsp3) is 0.143. The zero-order chi connectivity index (χ0) is 11.2. The Kier molecular flexibility index (Phi) is 4.22. The second kappa shape index (κ2) is 5.89. The molecule has 0 aromatic heterocycles. The third-order valence-corrected chi connectivity index (χ3v) is 3.34. The molecule has 1 nitrogen and oxygen atoms in total. The lowest BCUT2D eigenvalue weighted by atomic mass is 10.1. The van der Waals surface area contributed by atoms with Crippen molar-refractivity contribution in [2.75, 3.05) is 4.55 Å². The molecule has 0 amide bonds. The van der Waals surface area contributed by atoms with Gasteiger partial charge in [0.25, 0.3) is 0 Å². The number of allylic oxidation sites excluding steroid dienone is 3. The first-order valence-corrected chi connectivity index (χ1v) is 8.24. The summed E-state index contributed by atoms with van der Waals surface area (Å²) in [5.41, 5.74) is 3.90. The van der Waals surface area contributed by atoms with Crippen LogP contribution in [0.3, 0.4) is 0 Å². The lowest BCUT2D eigenvalue weighted by Gasteiger charge is -1.99. The highest BCUT2D eigenvalue weighted by atomic mass is 127. The molecule has 2 heteroatoms. The zero-order valence-electron chi connectivity index (χ0n) is 9.07. The van der Waals surface area contributed by atoms with Crippen LogP contribution < -0.4 is 0 Å². The highest BCUT2D eigenvalue weighted by molar-refractivity contribution is 14.2. The molecule has 1 aliphatic carbocycles. The predicted octanol–water partition coefficient (Wildman–Crippen LogP) is 3.61. The van der Waals surface area contributed by atoms with E-state index in [4.69, 9.17) is 0 Å². The molecule has 0 saturated heterocycles. The minimum Gasteiger partial charge on any atom is -0.282 e. The Balaban J connectivity index is 2.17. The molecule has 0 atom stereocenters. The molecule has 1 aliphatic rings. The Labute approximate surface area is 106 Å². The van der Waals surface area contributed by atoms with E-state index in [0.717, 1.165) is 11.0 Å². The van der Waals surface area contributed by atoms with Crippen molar-refractivity contribution in [3.63, 3.8) is 0 Å². The van der Waals surface area contributed by atoms with Crippen LogP contribution in [0.2, 0.25) is 0 Å². The number of alkyl halides is 1. The fourth-order valence-electron chi connectivity index (χ4n) is 1.65. The van der Waals surface area contributed by atoms with Crippen molar-refractivity contribution >= 4 is 37.5 Å². The molecule has 16 heavy (non-hydrogen) atoms. The first-order valence-electron chi connectivity index (χ1n) is 5.19. The number of hydrogen-bond acceptors (Lipinski definition) is 1. The molecular weight excluding hydrogens is 309 g/mol. The standard InChI is InChI=1S/C14H14IN/c1-15-11-16-10-12-6-8-13-4-2-3-5-14(13)9-7-12/h2-8,10H,1,9,11H2/b16-10+. The Hall–Kier alpha value is -1.03. The smallest absolute Gasteiger partial charge is 0.0851 e. The van der Waals surface area contributed by atoms with Crippen LogP contribution in [0, 0.1) is 0 Å². The van der Waals surface area contributed by atoms with E-state index in [2.05, 4.69) is 52.0 Å². The van der Waals surface area contributed by atoms with Gasteiger partial charge in [0.2, 0.25) is 0 Å². The van der Waals surface area contributed by atoms with Crippen molar-refractivity contribution in [2.45, 2.75) is 6.42 Å². The van der Waals surface area contributed by atoms with Crippen LogP contribution in [0.1, 0.15) is 11.1 Å². The van der Waals surface area contributed by atoms with Gasteiger partial charge in [-0.2, -0.15) is 0 Å². The van der Waals surface area contributed by atoms with Gasteiger partial charge in [0.15, 0.2) is 0 Å². The van der Waals surface area contributed by atoms with Gasteiger partial charge >= 0.3 is 0 Å². The van der Waals surface area contributed by atoms with Crippen LogP contribution in [0.25, 0.3) is 6.08 Å². The molecule has 0 spiro atoms. The molecule has 0 bridgehead atoms. The van der Waals surface area contributed by atoms with E-state index in [9.17, 15) is 0 Å². The van der Waals surface area contributed by atoms with Gasteiger partial charge in [-0.3, -0.25) is 4.99 Å². The molecular formula is C14H14IN. The second-order valence-electron chi connectivity index (χ2n) is 3.56. The van der Waals surface area contributed by atoms with E-state index >= 15 is 0 Å². The van der Waals surface area contributed by atoms with E-state index < -0.39 is 0 Å². The summed E-state index contributed by atoms with van der Waals surface area (Å²) in [5.74, 6) is 0. The average molecular weight is 323 g/mol. The summed E-state index contributed by atoms with van der Waals surface area (Å²) in [6.45, 7) is 0. The fourth-order valence-corrected chi connectivity index (χ4v) is 2.12.